The van der Waals surface area contributed by atoms with E-state index in [9.17, 15) is 0 Å². The largest absolute Gasteiger partial charge is 0.362 e. The lowest BCUT2D eigenvalue weighted by atomic mass is 10.7. The van der Waals surface area contributed by atoms with Gasteiger partial charge < -0.3 is 9.47 Å². The Morgan fingerprint density at radius 1 is 1.27 bits per heavy atom. The molecule has 0 aromatic rings. The molecule has 0 bridgehead atoms. The minimum Gasteiger partial charge on any atom is -0.362 e. The molecule has 0 heterocycles. The number of alkyl halides is 3. The molecule has 0 aliphatic carbocycles. The number of halogens is 3. The molecule has 0 rings (SSSR count). The standard InChI is InChI=1S/C6H11Br3O2/c1-3-10-5(7)6(8,9)11-4-2/h5H,3-4H2,1-2H3. The summed E-state index contributed by atoms with van der Waals surface area (Å²) in [6, 6.07) is 0. The zero-order valence-corrected chi connectivity index (χ0v) is 11.2. The van der Waals surface area contributed by atoms with Crippen molar-refractivity contribution < 1.29 is 9.47 Å². The van der Waals surface area contributed by atoms with Gasteiger partial charge in [0.2, 0.25) is 3.42 Å². The second-order valence-electron chi connectivity index (χ2n) is 1.77. The molecule has 0 spiro atoms. The predicted molar refractivity (Wildman–Crippen MR) is 56.6 cm³/mol. The molecule has 0 aliphatic heterocycles. The quantitative estimate of drug-likeness (QED) is 0.706. The summed E-state index contributed by atoms with van der Waals surface area (Å²) in [4.78, 5) is 0. The molecule has 0 radical (unpaired) electrons. The van der Waals surface area contributed by atoms with Crippen molar-refractivity contribution in [2.75, 3.05) is 13.2 Å². The molecular formula is C6H11Br3O2. The predicted octanol–water partition coefficient (Wildman–Crippen LogP) is 3.22. The van der Waals surface area contributed by atoms with Crippen molar-refractivity contribution in [1.82, 2.24) is 0 Å². The summed E-state index contributed by atoms with van der Waals surface area (Å²) in [6.07, 6.45) is 0. The number of ether oxygens (including phenoxy) is 2. The zero-order valence-electron chi connectivity index (χ0n) is 6.44. The fourth-order valence-electron chi connectivity index (χ4n) is 0.501. The van der Waals surface area contributed by atoms with E-state index in [1.165, 1.54) is 0 Å². The molecule has 0 amide bonds. The molecule has 0 saturated carbocycles. The van der Waals surface area contributed by atoms with Crippen molar-refractivity contribution in [3.63, 3.8) is 0 Å². The van der Waals surface area contributed by atoms with Gasteiger partial charge >= 0.3 is 0 Å². The molecule has 0 aromatic heterocycles. The Hall–Kier alpha value is 1.36. The zero-order chi connectivity index (χ0) is 8.91. The van der Waals surface area contributed by atoms with Crippen molar-refractivity contribution in [3.8, 4) is 0 Å². The van der Waals surface area contributed by atoms with E-state index in [1.54, 1.807) is 0 Å². The van der Waals surface area contributed by atoms with E-state index in [0.29, 0.717) is 13.2 Å². The maximum atomic E-state index is 5.31. The molecule has 0 saturated heterocycles. The van der Waals surface area contributed by atoms with E-state index in [2.05, 4.69) is 47.8 Å². The van der Waals surface area contributed by atoms with Crippen LogP contribution in [0, 0.1) is 0 Å². The minimum absolute atomic E-state index is 0.194. The Balaban J connectivity index is 3.83. The Labute approximate surface area is 92.4 Å². The van der Waals surface area contributed by atoms with Crippen LogP contribution in [0.3, 0.4) is 0 Å². The lowest BCUT2D eigenvalue weighted by Gasteiger charge is -2.25. The van der Waals surface area contributed by atoms with E-state index in [1.807, 2.05) is 13.8 Å². The van der Waals surface area contributed by atoms with Gasteiger partial charge in [0.25, 0.3) is 0 Å². The van der Waals surface area contributed by atoms with E-state index in [-0.39, 0.29) is 5.01 Å². The first-order chi connectivity index (χ1) is 5.04. The molecule has 0 aromatic carbocycles. The topological polar surface area (TPSA) is 18.5 Å². The Bertz CT molecular complexity index is 108. The van der Waals surface area contributed by atoms with Crippen LogP contribution in [0.1, 0.15) is 13.8 Å². The van der Waals surface area contributed by atoms with Gasteiger partial charge in [-0.05, 0) is 45.7 Å². The summed E-state index contributed by atoms with van der Waals surface area (Å²) in [5.41, 5.74) is 0. The van der Waals surface area contributed by atoms with Crippen LogP contribution in [-0.2, 0) is 9.47 Å². The number of rotatable bonds is 5. The molecule has 0 aliphatic rings. The third kappa shape index (κ3) is 4.83. The molecule has 11 heavy (non-hydrogen) atoms. The first-order valence-electron chi connectivity index (χ1n) is 3.32. The highest BCUT2D eigenvalue weighted by Crippen LogP contribution is 2.36. The van der Waals surface area contributed by atoms with Gasteiger partial charge in [-0.15, -0.1) is 0 Å². The molecule has 5 heteroatoms. The van der Waals surface area contributed by atoms with Gasteiger partial charge in [-0.25, -0.2) is 0 Å². The van der Waals surface area contributed by atoms with E-state index >= 15 is 0 Å². The van der Waals surface area contributed by atoms with Gasteiger partial charge in [0.15, 0.2) is 5.01 Å². The van der Waals surface area contributed by atoms with E-state index < -0.39 is 3.42 Å². The fraction of sp³-hybridized carbons (Fsp3) is 1.00. The highest BCUT2D eigenvalue weighted by molar-refractivity contribution is 9.26. The third-order valence-electron chi connectivity index (χ3n) is 0.914. The second-order valence-corrected chi connectivity index (χ2v) is 6.02. The van der Waals surface area contributed by atoms with Crippen LogP contribution in [0.4, 0.5) is 0 Å². The Morgan fingerprint density at radius 3 is 2.18 bits per heavy atom. The highest BCUT2D eigenvalue weighted by atomic mass is 79.9. The average molecular weight is 355 g/mol. The van der Waals surface area contributed by atoms with Crippen LogP contribution in [0.5, 0.6) is 0 Å². The van der Waals surface area contributed by atoms with E-state index in [4.69, 9.17) is 9.47 Å². The molecule has 2 nitrogen and oxygen atoms in total. The summed E-state index contributed by atoms with van der Waals surface area (Å²) in [7, 11) is 0. The summed E-state index contributed by atoms with van der Waals surface area (Å²) >= 11 is 9.98. The minimum atomic E-state index is -0.620. The molecular weight excluding hydrogens is 344 g/mol. The van der Waals surface area contributed by atoms with Crippen molar-refractivity contribution in [3.05, 3.63) is 0 Å². The summed E-state index contributed by atoms with van der Waals surface area (Å²) < 4.78 is 9.94. The van der Waals surface area contributed by atoms with E-state index in [0.717, 1.165) is 0 Å². The Kier molecular flexibility index (Phi) is 6.64. The summed E-state index contributed by atoms with van der Waals surface area (Å²) in [6.45, 7) is 5.10. The lowest BCUT2D eigenvalue weighted by Crippen LogP contribution is -2.30. The van der Waals surface area contributed by atoms with Gasteiger partial charge in [-0.1, -0.05) is 15.9 Å². The van der Waals surface area contributed by atoms with Gasteiger partial charge in [-0.3, -0.25) is 0 Å². The number of hydrogen-bond donors (Lipinski definition) is 0. The van der Waals surface area contributed by atoms with Gasteiger partial charge in [0.05, 0.1) is 0 Å². The summed E-state index contributed by atoms with van der Waals surface area (Å²) in [5, 5.41) is -0.194. The highest BCUT2D eigenvalue weighted by Gasteiger charge is 2.32. The average Bonchev–Trinajstić information content (AvgIpc) is 1.88. The van der Waals surface area contributed by atoms with Crippen molar-refractivity contribution >= 4 is 47.8 Å². The first kappa shape index (κ1) is 12.4. The monoisotopic (exact) mass is 352 g/mol. The van der Waals surface area contributed by atoms with Crippen LogP contribution in [0.25, 0.3) is 0 Å². The summed E-state index contributed by atoms with van der Waals surface area (Å²) in [5.74, 6) is 0. The van der Waals surface area contributed by atoms with Crippen molar-refractivity contribution in [1.29, 1.82) is 0 Å². The van der Waals surface area contributed by atoms with Gasteiger partial charge in [0.1, 0.15) is 0 Å². The molecule has 1 unspecified atom stereocenters. The van der Waals surface area contributed by atoms with Crippen molar-refractivity contribution in [2.45, 2.75) is 22.3 Å². The lowest BCUT2D eigenvalue weighted by molar-refractivity contribution is 0.0128. The molecule has 0 N–H and O–H groups in total. The van der Waals surface area contributed by atoms with Crippen molar-refractivity contribution in [2.24, 2.45) is 0 Å². The maximum absolute atomic E-state index is 5.31. The first-order valence-corrected chi connectivity index (χ1v) is 5.82. The second kappa shape index (κ2) is 5.91. The van der Waals surface area contributed by atoms with Gasteiger partial charge in [0, 0.05) is 13.2 Å². The third-order valence-corrected chi connectivity index (χ3v) is 4.34. The smallest absolute Gasteiger partial charge is 0.214 e. The molecule has 68 valence electrons. The van der Waals surface area contributed by atoms with Crippen LogP contribution in [-0.4, -0.2) is 21.6 Å². The SMILES string of the molecule is CCOC(Br)C(Br)(Br)OCC. The Morgan fingerprint density at radius 2 is 1.82 bits per heavy atom. The fourth-order valence-corrected chi connectivity index (χ4v) is 1.62. The maximum Gasteiger partial charge on any atom is 0.214 e. The molecule has 0 fully saturated rings. The molecule has 1 atom stereocenters. The normalized spacial score (nSPS) is 15.0. The van der Waals surface area contributed by atoms with Crippen LogP contribution in [0.2, 0.25) is 0 Å². The van der Waals surface area contributed by atoms with Crippen LogP contribution in [0.15, 0.2) is 0 Å². The van der Waals surface area contributed by atoms with Crippen LogP contribution >= 0.6 is 47.8 Å². The van der Waals surface area contributed by atoms with Gasteiger partial charge in [-0.2, -0.15) is 0 Å². The number of hydrogen-bond acceptors (Lipinski definition) is 2. The van der Waals surface area contributed by atoms with Crippen LogP contribution < -0.4 is 0 Å².